The van der Waals surface area contributed by atoms with Crippen molar-refractivity contribution in [1.82, 2.24) is 5.32 Å². The molecule has 0 unspecified atom stereocenters. The number of unbranched alkanes of at least 4 members (excludes halogenated alkanes) is 2. The molecular formula is C21H26N4O6S. The van der Waals surface area contributed by atoms with Gasteiger partial charge in [0.15, 0.2) is 0 Å². The molecule has 4 N–H and O–H groups in total. The monoisotopic (exact) mass is 462 g/mol. The lowest BCUT2D eigenvalue weighted by Crippen LogP contribution is -2.36. The van der Waals surface area contributed by atoms with Crippen molar-refractivity contribution in [2.24, 2.45) is 10.7 Å². The highest BCUT2D eigenvalue weighted by molar-refractivity contribution is 7.87. The highest BCUT2D eigenvalue weighted by Gasteiger charge is 2.19. The lowest BCUT2D eigenvalue weighted by atomic mass is 10.2. The number of nitrogens with zero attached hydrogens (tertiary/aromatic N) is 1. The number of ether oxygens (including phenoxy) is 1. The molecule has 0 saturated heterocycles. The minimum atomic E-state index is -4.20. The normalized spacial score (nSPS) is 11.5. The smallest absolute Gasteiger partial charge is 0.413 e. The number of nitrogens with two attached hydrogens (primary N) is 1. The molecule has 0 aliphatic heterocycles. The Hall–Kier alpha value is -3.60. The Morgan fingerprint density at radius 2 is 1.81 bits per heavy atom. The first-order valence-electron chi connectivity index (χ1n) is 9.87. The third kappa shape index (κ3) is 7.58. The third-order valence-electron chi connectivity index (χ3n) is 4.14. The minimum Gasteiger partial charge on any atom is -0.453 e. The molecule has 0 aliphatic rings. The largest absolute Gasteiger partial charge is 0.453 e. The van der Waals surface area contributed by atoms with E-state index in [0.29, 0.717) is 12.8 Å². The number of nitrogens with one attached hydrogen (secondary N) is 2. The number of hydrogen-bond donors (Lipinski definition) is 3. The summed E-state index contributed by atoms with van der Waals surface area (Å²) in [6.07, 6.45) is 2.02. The first-order valence-corrected chi connectivity index (χ1v) is 11.3. The predicted molar refractivity (Wildman–Crippen MR) is 120 cm³/mol. The molecule has 0 heterocycles. The maximum atomic E-state index is 12.7. The fourth-order valence-corrected chi connectivity index (χ4v) is 3.53. The van der Waals surface area contributed by atoms with Crippen molar-refractivity contribution in [3.63, 3.8) is 0 Å². The number of aliphatic imine (C=N–C) groups is 1. The van der Waals surface area contributed by atoms with Crippen LogP contribution in [0.3, 0.4) is 0 Å². The van der Waals surface area contributed by atoms with Gasteiger partial charge in [0, 0.05) is 6.42 Å². The van der Waals surface area contributed by atoms with Crippen LogP contribution in [-0.4, -0.2) is 33.5 Å². The molecule has 0 aromatic heterocycles. The number of anilines is 1. The zero-order valence-electron chi connectivity index (χ0n) is 17.8. The maximum Gasteiger partial charge on any atom is 0.413 e. The van der Waals surface area contributed by atoms with Gasteiger partial charge in [-0.15, -0.1) is 0 Å². The predicted octanol–water partition coefficient (Wildman–Crippen LogP) is 3.28. The summed E-state index contributed by atoms with van der Waals surface area (Å²) in [5.41, 5.74) is 5.94. The van der Waals surface area contributed by atoms with Crippen molar-refractivity contribution >= 4 is 39.5 Å². The van der Waals surface area contributed by atoms with Gasteiger partial charge in [-0.1, -0.05) is 38.0 Å². The summed E-state index contributed by atoms with van der Waals surface area (Å²) in [5, 5.41) is 4.86. The van der Waals surface area contributed by atoms with Gasteiger partial charge in [-0.25, -0.2) is 9.79 Å². The molecule has 2 amide bonds. The maximum absolute atomic E-state index is 12.7. The average molecular weight is 463 g/mol. The number of rotatable bonds is 9. The number of benzene rings is 2. The molecule has 2 aromatic rings. The van der Waals surface area contributed by atoms with Crippen molar-refractivity contribution in [3.05, 3.63) is 48.5 Å². The van der Waals surface area contributed by atoms with E-state index in [1.54, 1.807) is 18.2 Å². The summed E-state index contributed by atoms with van der Waals surface area (Å²) in [5.74, 6) is -0.472. The van der Waals surface area contributed by atoms with Crippen molar-refractivity contribution < 1.29 is 26.9 Å². The zero-order chi connectivity index (χ0) is 23.6. The number of hydrogen-bond acceptors (Lipinski definition) is 7. The van der Waals surface area contributed by atoms with Crippen LogP contribution >= 0.6 is 0 Å². The van der Waals surface area contributed by atoms with E-state index in [4.69, 9.17) is 9.92 Å². The second-order valence-corrected chi connectivity index (χ2v) is 8.19. The van der Waals surface area contributed by atoms with Crippen LogP contribution in [0.1, 0.15) is 32.6 Å². The second kappa shape index (κ2) is 11.7. The Labute approximate surface area is 186 Å². The Kier molecular flexibility index (Phi) is 9.02. The van der Waals surface area contributed by atoms with Crippen LogP contribution in [0.25, 0.3) is 0 Å². The number of amides is 2. The van der Waals surface area contributed by atoms with Gasteiger partial charge >= 0.3 is 16.2 Å². The Bertz CT molecular complexity index is 1070. The standard InChI is InChI=1S/C21H26N4O6S/c1-3-4-6-11-19(26)23-17-13-12-16(14-18(17)24-20(22)25-21(27)30-2)32(28,29)31-15-9-7-5-8-10-15/h5,7-10,12-14H,3-4,6,11H2,1-2H3,(H,23,26)(H3,22,24,25,27). The van der Waals surface area contributed by atoms with Crippen molar-refractivity contribution in [3.8, 4) is 5.75 Å². The van der Waals surface area contributed by atoms with E-state index >= 15 is 0 Å². The molecule has 2 aromatic carbocycles. The van der Waals surface area contributed by atoms with Gasteiger partial charge < -0.3 is 20.0 Å². The molecule has 172 valence electrons. The molecule has 32 heavy (non-hydrogen) atoms. The lowest BCUT2D eigenvalue weighted by molar-refractivity contribution is -0.116. The van der Waals surface area contributed by atoms with Crippen LogP contribution in [0.2, 0.25) is 0 Å². The summed E-state index contributed by atoms with van der Waals surface area (Å²) >= 11 is 0. The molecule has 0 atom stereocenters. The highest BCUT2D eigenvalue weighted by atomic mass is 32.2. The van der Waals surface area contributed by atoms with E-state index in [-0.39, 0.29) is 33.9 Å². The molecule has 0 bridgehead atoms. The minimum absolute atomic E-state index is 0.0143. The van der Waals surface area contributed by atoms with Crippen LogP contribution in [0.15, 0.2) is 58.4 Å². The van der Waals surface area contributed by atoms with E-state index < -0.39 is 16.2 Å². The van der Waals surface area contributed by atoms with Crippen molar-refractivity contribution in [1.29, 1.82) is 0 Å². The molecule has 0 radical (unpaired) electrons. The lowest BCUT2D eigenvalue weighted by Gasteiger charge is -2.12. The van der Waals surface area contributed by atoms with E-state index in [1.807, 2.05) is 6.92 Å². The molecule has 10 nitrogen and oxygen atoms in total. The first-order chi connectivity index (χ1) is 15.2. The van der Waals surface area contributed by atoms with Gasteiger partial charge in [-0.05, 0) is 36.8 Å². The fourth-order valence-electron chi connectivity index (χ4n) is 2.58. The SMILES string of the molecule is CCCCCC(=O)Nc1ccc(S(=O)(=O)Oc2ccccc2)cc1N=C(N)NC(=O)OC. The van der Waals surface area contributed by atoms with Gasteiger partial charge in [0.25, 0.3) is 0 Å². The molecule has 2 rings (SSSR count). The molecule has 0 aliphatic carbocycles. The topological polar surface area (TPSA) is 149 Å². The first kappa shape index (κ1) is 24.7. The third-order valence-corrected chi connectivity index (χ3v) is 5.39. The number of methoxy groups -OCH3 is 1. The van der Waals surface area contributed by atoms with E-state index in [0.717, 1.165) is 20.0 Å². The quantitative estimate of drug-likeness (QED) is 0.224. The Morgan fingerprint density at radius 3 is 2.47 bits per heavy atom. The van der Waals surface area contributed by atoms with Gasteiger partial charge in [0.05, 0.1) is 18.5 Å². The van der Waals surface area contributed by atoms with Crippen LogP contribution in [0.4, 0.5) is 16.2 Å². The molecule has 11 heteroatoms. The zero-order valence-corrected chi connectivity index (χ0v) is 18.6. The van der Waals surface area contributed by atoms with Crippen LogP contribution in [0.5, 0.6) is 5.75 Å². The van der Waals surface area contributed by atoms with Gasteiger partial charge in [-0.2, -0.15) is 8.42 Å². The summed E-state index contributed by atoms with van der Waals surface area (Å²) in [6.45, 7) is 2.03. The van der Waals surface area contributed by atoms with Crippen molar-refractivity contribution in [2.45, 2.75) is 37.5 Å². The van der Waals surface area contributed by atoms with Crippen LogP contribution in [0, 0.1) is 0 Å². The molecular weight excluding hydrogens is 436 g/mol. The van der Waals surface area contributed by atoms with Crippen molar-refractivity contribution in [2.75, 3.05) is 12.4 Å². The molecule has 0 saturated carbocycles. The average Bonchev–Trinajstić information content (AvgIpc) is 2.75. The Balaban J connectivity index is 2.36. The number of guanidine groups is 1. The molecule has 0 spiro atoms. The summed E-state index contributed by atoms with van der Waals surface area (Å²) < 4.78 is 35.0. The number of carbonyl (C=O) groups is 2. The van der Waals surface area contributed by atoms with Gasteiger partial charge in [0.1, 0.15) is 10.6 Å². The van der Waals surface area contributed by atoms with Gasteiger partial charge in [-0.3, -0.25) is 10.1 Å². The molecule has 0 fully saturated rings. The highest BCUT2D eigenvalue weighted by Crippen LogP contribution is 2.30. The second-order valence-electron chi connectivity index (χ2n) is 6.65. The fraction of sp³-hybridized carbons (Fsp3) is 0.286. The van der Waals surface area contributed by atoms with Crippen LogP contribution < -0.4 is 20.6 Å². The van der Waals surface area contributed by atoms with E-state index in [2.05, 4.69) is 20.4 Å². The number of para-hydroxylation sites is 1. The summed E-state index contributed by atoms with van der Waals surface area (Å²) in [7, 11) is -3.05. The van der Waals surface area contributed by atoms with Gasteiger partial charge in [0.2, 0.25) is 11.9 Å². The Morgan fingerprint density at radius 1 is 1.09 bits per heavy atom. The van der Waals surface area contributed by atoms with E-state index in [1.165, 1.54) is 30.3 Å². The van der Waals surface area contributed by atoms with Crippen LogP contribution in [-0.2, 0) is 19.6 Å². The number of alkyl carbamates (subject to hydrolysis) is 1. The number of carbonyl (C=O) groups excluding carboxylic acids is 2. The summed E-state index contributed by atoms with van der Waals surface area (Å²) in [6, 6.07) is 11.8. The summed E-state index contributed by atoms with van der Waals surface area (Å²) in [4.78, 5) is 27.4. The van der Waals surface area contributed by atoms with E-state index in [9.17, 15) is 18.0 Å².